The molecule has 14 rings (SSSR count). The number of anilines is 2. The van der Waals surface area contributed by atoms with Gasteiger partial charge in [-0.2, -0.15) is 11.8 Å². The van der Waals surface area contributed by atoms with Crippen LogP contribution in [0.5, 0.6) is 34.5 Å². The predicted molar refractivity (Wildman–Crippen MR) is 341 cm³/mol. The Morgan fingerprint density at radius 2 is 1.14 bits per heavy atom. The molecular formula is C66H70Cl2N6O10S2. The largest absolute Gasteiger partial charge is 0.507 e. The van der Waals surface area contributed by atoms with E-state index >= 15 is 0 Å². The molecule has 0 bridgehead atoms. The number of carbonyl (C=O) groups is 2. The fraction of sp³-hybridized carbons (Fsp3) is 0.424. The van der Waals surface area contributed by atoms with Crippen molar-refractivity contribution in [3.05, 3.63) is 119 Å². The zero-order valence-corrected chi connectivity index (χ0v) is 51.4. The third kappa shape index (κ3) is 10.3. The van der Waals surface area contributed by atoms with Gasteiger partial charge in [-0.1, -0.05) is 36.4 Å². The van der Waals surface area contributed by atoms with Crippen molar-refractivity contribution in [2.75, 3.05) is 119 Å². The number of amides is 2. The molecule has 2 amide bonds. The third-order valence-corrected chi connectivity index (χ3v) is 24.0. The first-order valence-corrected chi connectivity index (χ1v) is 33.8. The fourth-order valence-electron chi connectivity index (χ4n) is 14.9. The van der Waals surface area contributed by atoms with Gasteiger partial charge in [-0.3, -0.25) is 19.4 Å². The number of halogens is 2. The minimum absolute atomic E-state index is 0.0677. The number of sulfone groups is 1. The van der Waals surface area contributed by atoms with E-state index < -0.39 is 9.84 Å². The predicted octanol–water partition coefficient (Wildman–Crippen LogP) is 12.0. The number of rotatable bonds is 15. The number of phenols is 2. The molecule has 8 heterocycles. The lowest BCUT2D eigenvalue weighted by Crippen LogP contribution is -2.42. The molecule has 4 fully saturated rings. The van der Waals surface area contributed by atoms with E-state index in [0.717, 1.165) is 131 Å². The second-order valence-electron chi connectivity index (χ2n) is 24.8. The Labute approximate surface area is 513 Å². The topological polar surface area (TPSA) is 190 Å². The van der Waals surface area contributed by atoms with E-state index in [1.807, 2.05) is 72.4 Å². The number of hydrogen-bond acceptors (Lipinski definition) is 13. The summed E-state index contributed by atoms with van der Waals surface area (Å²) < 4.78 is 48.7. The van der Waals surface area contributed by atoms with Crippen molar-refractivity contribution in [2.24, 2.45) is 10.8 Å². The van der Waals surface area contributed by atoms with Crippen molar-refractivity contribution in [1.29, 1.82) is 0 Å². The summed E-state index contributed by atoms with van der Waals surface area (Å²) in [5.41, 5.74) is 6.92. The van der Waals surface area contributed by atoms with Crippen molar-refractivity contribution >= 4 is 111 Å². The number of hydrogen-bond donors (Lipinski definition) is 4. The molecule has 20 heteroatoms. The van der Waals surface area contributed by atoms with Gasteiger partial charge < -0.3 is 48.9 Å². The molecule has 450 valence electrons. The van der Waals surface area contributed by atoms with Gasteiger partial charge in [-0.05, 0) is 139 Å². The highest BCUT2D eigenvalue weighted by Crippen LogP contribution is 2.56. The number of fused-ring (bicyclic) bond motifs is 8. The van der Waals surface area contributed by atoms with Crippen molar-refractivity contribution in [2.45, 2.75) is 55.6 Å². The van der Waals surface area contributed by atoms with E-state index in [1.54, 1.807) is 36.2 Å². The van der Waals surface area contributed by atoms with E-state index in [1.165, 1.54) is 5.56 Å². The van der Waals surface area contributed by atoms with Crippen LogP contribution in [0.4, 0.5) is 11.4 Å². The van der Waals surface area contributed by atoms with Gasteiger partial charge in [0, 0.05) is 112 Å². The van der Waals surface area contributed by atoms with Gasteiger partial charge in [0.25, 0.3) is 11.8 Å². The van der Waals surface area contributed by atoms with Gasteiger partial charge in [0.1, 0.15) is 36.1 Å². The van der Waals surface area contributed by atoms with Crippen molar-refractivity contribution in [1.82, 2.24) is 19.8 Å². The highest BCUT2D eigenvalue weighted by atomic mass is 35.5. The van der Waals surface area contributed by atoms with Crippen LogP contribution in [0.2, 0.25) is 0 Å². The Balaban J connectivity index is 0.594. The molecule has 0 aliphatic carbocycles. The lowest BCUT2D eigenvalue weighted by Gasteiger charge is -2.39. The standard InChI is InChI=1S/C66H70Cl2N6O10S2/c1-81-56-29-49-41(26-58(56)83-20-18-71-14-9-65(10-15-71)13-22-86(79,80)38-65)25-51(70-49)64(78)74-36-43(34-68)62-46-8-7-39(23-47(46)55(76)31-53(62)74)60-32-66(37-85-60)11-16-72(17-12-66)19-21-84-59-27-40-24-50(69-48(40)28-57(59)82-2)63(77)73-35-42(33-67)61-45-6-4-3-5-44(45)54(75)30-52(61)73/h3-8,23-31,42-43,60,69-70,75-76H,9-22,32-38H2,1-2H3. The number of aromatic nitrogens is 2. The van der Waals surface area contributed by atoms with Crippen LogP contribution in [0.3, 0.4) is 0 Å². The second kappa shape index (κ2) is 22.6. The van der Waals surface area contributed by atoms with E-state index in [9.17, 15) is 28.2 Å². The number of alkyl halides is 2. The molecule has 86 heavy (non-hydrogen) atoms. The van der Waals surface area contributed by atoms with Gasteiger partial charge >= 0.3 is 0 Å². The average Bonchev–Trinajstić information content (AvgIpc) is 1.67. The normalized spacial score (nSPS) is 21.6. The van der Waals surface area contributed by atoms with Gasteiger partial charge in [0.05, 0.1) is 37.1 Å². The lowest BCUT2D eigenvalue weighted by atomic mass is 9.76. The Morgan fingerprint density at radius 1 is 0.628 bits per heavy atom. The zero-order chi connectivity index (χ0) is 59.2. The summed E-state index contributed by atoms with van der Waals surface area (Å²) >= 11 is 15.2. The highest BCUT2D eigenvalue weighted by Gasteiger charge is 2.45. The molecular weight excluding hydrogens is 1170 g/mol. The smallest absolute Gasteiger partial charge is 0.274 e. The van der Waals surface area contributed by atoms with Crippen LogP contribution in [-0.4, -0.2) is 159 Å². The van der Waals surface area contributed by atoms with Crippen LogP contribution < -0.4 is 28.7 Å². The summed E-state index contributed by atoms with van der Waals surface area (Å²) in [4.78, 5) is 43.6. The van der Waals surface area contributed by atoms with Crippen LogP contribution in [0.15, 0.2) is 91.0 Å². The number of nitrogens with one attached hydrogen (secondary N) is 2. The molecule has 16 nitrogen and oxygen atoms in total. The molecule has 2 aromatic heterocycles. The number of likely N-dealkylation sites (tertiary alicyclic amines) is 2. The lowest BCUT2D eigenvalue weighted by molar-refractivity contribution is 0.0977. The number of aromatic amines is 2. The quantitative estimate of drug-likeness (QED) is 0.0710. The molecule has 6 aliphatic heterocycles. The SMILES string of the molecule is COc1cc2[nH]c(C(=O)N3CC(CCl)c4c3cc(O)c3ccccc43)cc2cc1OCCN1CCC2(CC1)CSC(c1ccc3c4c(cc(O)c3c1)N(C(=O)c1cc3cc(OCCN5CCC6(CC5)CCS(=O)(=O)C6)c(OC)cc3[nH]1)CC4CCl)C2. The average molecular weight is 1240 g/mol. The van der Waals surface area contributed by atoms with Crippen LogP contribution in [0.25, 0.3) is 43.4 Å². The van der Waals surface area contributed by atoms with E-state index in [0.29, 0.717) is 102 Å². The van der Waals surface area contributed by atoms with Crippen molar-refractivity contribution in [3.8, 4) is 34.5 Å². The van der Waals surface area contributed by atoms with Crippen LogP contribution in [-0.2, 0) is 9.84 Å². The molecule has 2 spiro atoms. The summed E-state index contributed by atoms with van der Waals surface area (Å²) in [6.45, 7) is 6.81. The summed E-state index contributed by atoms with van der Waals surface area (Å²) in [5, 5.41) is 28.0. The minimum atomic E-state index is -2.92. The minimum Gasteiger partial charge on any atom is -0.507 e. The number of nitrogens with zero attached hydrogens (tertiary/aromatic N) is 4. The molecule has 0 radical (unpaired) electrons. The number of methoxy groups -OCH3 is 2. The van der Waals surface area contributed by atoms with Crippen molar-refractivity contribution < 1.29 is 47.2 Å². The van der Waals surface area contributed by atoms with Gasteiger partial charge in [-0.15, -0.1) is 23.2 Å². The van der Waals surface area contributed by atoms with Crippen LogP contribution >= 0.6 is 35.0 Å². The summed E-state index contributed by atoms with van der Waals surface area (Å²) in [6.07, 6.45) is 5.77. The van der Waals surface area contributed by atoms with E-state index in [-0.39, 0.29) is 51.2 Å². The van der Waals surface area contributed by atoms with Crippen LogP contribution in [0, 0.1) is 10.8 Å². The van der Waals surface area contributed by atoms with Crippen LogP contribution in [0.1, 0.15) is 93.3 Å². The fourth-order valence-corrected chi connectivity index (χ4v) is 19.4. The number of phenolic OH excluding ortho intramolecular Hbond substituents is 2. The Hall–Kier alpha value is -6.54. The van der Waals surface area contributed by atoms with Crippen molar-refractivity contribution in [3.63, 3.8) is 0 Å². The number of benzene rings is 6. The Bertz CT molecular complexity index is 4120. The number of carbonyl (C=O) groups excluding carboxylic acids is 2. The summed E-state index contributed by atoms with van der Waals surface area (Å²) in [6, 6.07) is 28.8. The highest BCUT2D eigenvalue weighted by molar-refractivity contribution is 7.99. The molecule has 6 aliphatic rings. The van der Waals surface area contributed by atoms with Gasteiger partial charge in [0.2, 0.25) is 0 Å². The summed E-state index contributed by atoms with van der Waals surface area (Å²) in [7, 11) is 0.291. The Kier molecular flexibility index (Phi) is 15.0. The maximum atomic E-state index is 14.5. The molecule has 3 unspecified atom stereocenters. The monoisotopic (exact) mass is 1240 g/mol. The number of aromatic hydroxyl groups is 2. The van der Waals surface area contributed by atoms with Gasteiger partial charge in [0.15, 0.2) is 32.8 Å². The molecule has 6 aromatic carbocycles. The third-order valence-electron chi connectivity index (χ3n) is 19.8. The number of thioether (sulfide) groups is 1. The maximum Gasteiger partial charge on any atom is 0.274 e. The van der Waals surface area contributed by atoms with E-state index in [4.69, 9.17) is 42.1 Å². The van der Waals surface area contributed by atoms with E-state index in [2.05, 4.69) is 38.0 Å². The number of piperidine rings is 2. The zero-order valence-electron chi connectivity index (χ0n) is 48.3. The molecule has 3 atom stereocenters. The Morgan fingerprint density at radius 3 is 1.65 bits per heavy atom. The first-order chi connectivity index (χ1) is 41.6. The molecule has 8 aromatic rings. The maximum absolute atomic E-state index is 14.5. The van der Waals surface area contributed by atoms with Gasteiger partial charge in [-0.25, -0.2) is 8.42 Å². The summed E-state index contributed by atoms with van der Waals surface area (Å²) in [5.74, 6) is 4.29. The molecule has 4 N–H and O–H groups in total. The molecule has 4 saturated heterocycles. The first kappa shape index (κ1) is 57.2. The first-order valence-electron chi connectivity index (χ1n) is 29.9. The second-order valence-corrected chi connectivity index (χ2v) is 28.8. The molecule has 0 saturated carbocycles. The number of H-pyrrole nitrogens is 2. The number of ether oxygens (including phenoxy) is 4.